The van der Waals surface area contributed by atoms with E-state index in [1.165, 1.54) is 24.8 Å². The Morgan fingerprint density at radius 2 is 2.04 bits per heavy atom. The average Bonchev–Trinajstić information content (AvgIpc) is 2.81. The molecule has 0 radical (unpaired) electrons. The van der Waals surface area contributed by atoms with Gasteiger partial charge in [0.1, 0.15) is 17.4 Å². The highest BCUT2D eigenvalue weighted by Gasteiger charge is 2.14. The number of nitrogens with zero attached hydrogens (tertiary/aromatic N) is 3. The second-order valence-electron chi connectivity index (χ2n) is 6.20. The van der Waals surface area contributed by atoms with E-state index in [1.807, 2.05) is 31.2 Å². The summed E-state index contributed by atoms with van der Waals surface area (Å²) in [7, 11) is 0. The van der Waals surface area contributed by atoms with E-state index in [-0.39, 0.29) is 12.5 Å². The van der Waals surface area contributed by atoms with Crippen molar-refractivity contribution >= 4 is 5.91 Å². The molecule has 0 fully saturated rings. The highest BCUT2D eigenvalue weighted by Crippen LogP contribution is 2.14. The smallest absolute Gasteiger partial charge is 0.257 e. The van der Waals surface area contributed by atoms with Crippen LogP contribution in [-0.2, 0) is 24.2 Å². The summed E-state index contributed by atoms with van der Waals surface area (Å²) in [6.45, 7) is 3.58. The topological polar surface area (TPSA) is 69.0 Å². The summed E-state index contributed by atoms with van der Waals surface area (Å²) in [5.41, 5.74) is 1.17. The Labute approximate surface area is 142 Å². The van der Waals surface area contributed by atoms with Gasteiger partial charge >= 0.3 is 0 Å². The molecule has 3 rings (SSSR count). The van der Waals surface area contributed by atoms with Crippen molar-refractivity contribution in [2.24, 2.45) is 0 Å². The Morgan fingerprint density at radius 3 is 2.88 bits per heavy atom. The number of ether oxygens (including phenoxy) is 1. The van der Waals surface area contributed by atoms with Crippen molar-refractivity contribution in [1.29, 1.82) is 0 Å². The number of nitrogens with one attached hydrogen (secondary N) is 1. The average molecular weight is 328 g/mol. The molecule has 2 aromatic rings. The Hall–Kier alpha value is -2.37. The number of amides is 1. The molecule has 1 aliphatic rings. The summed E-state index contributed by atoms with van der Waals surface area (Å²) < 4.78 is 7.68. The maximum atomic E-state index is 11.9. The Morgan fingerprint density at radius 1 is 1.21 bits per heavy atom. The third-order valence-electron chi connectivity index (χ3n) is 4.25. The fourth-order valence-electron chi connectivity index (χ4n) is 2.88. The zero-order valence-electron chi connectivity index (χ0n) is 14.1. The first kappa shape index (κ1) is 16.5. The standard InChI is InChI=1S/C18H24N4O2/c1-14-6-8-15(9-7-14)24-13-18(23)19-11-10-17-21-20-16-5-3-2-4-12-22(16)17/h6-9H,2-5,10-13H2,1H3,(H,19,23). The lowest BCUT2D eigenvalue weighted by Gasteiger charge is -2.09. The molecule has 1 aromatic carbocycles. The largest absolute Gasteiger partial charge is 0.484 e. The summed E-state index contributed by atoms with van der Waals surface area (Å²) in [4.78, 5) is 11.9. The molecule has 0 saturated heterocycles. The summed E-state index contributed by atoms with van der Waals surface area (Å²) in [5.74, 6) is 2.63. The minimum atomic E-state index is -0.119. The van der Waals surface area contributed by atoms with Crippen LogP contribution in [0, 0.1) is 6.92 Å². The number of hydrogen-bond acceptors (Lipinski definition) is 4. The molecule has 2 heterocycles. The zero-order valence-corrected chi connectivity index (χ0v) is 14.1. The van der Waals surface area contributed by atoms with Crippen molar-refractivity contribution in [2.75, 3.05) is 13.2 Å². The fourth-order valence-corrected chi connectivity index (χ4v) is 2.88. The van der Waals surface area contributed by atoms with Gasteiger partial charge in [-0.05, 0) is 31.9 Å². The van der Waals surface area contributed by atoms with E-state index in [1.54, 1.807) is 0 Å². The van der Waals surface area contributed by atoms with E-state index >= 15 is 0 Å². The SMILES string of the molecule is Cc1ccc(OCC(=O)NCCc2nnc3n2CCCCC3)cc1. The fraction of sp³-hybridized carbons (Fsp3) is 0.500. The summed E-state index contributed by atoms with van der Waals surface area (Å²) in [5, 5.41) is 11.4. The second kappa shape index (κ2) is 7.95. The van der Waals surface area contributed by atoms with Crippen LogP contribution >= 0.6 is 0 Å². The van der Waals surface area contributed by atoms with Gasteiger partial charge in [-0.25, -0.2) is 0 Å². The van der Waals surface area contributed by atoms with Gasteiger partial charge in [-0.3, -0.25) is 4.79 Å². The molecule has 6 nitrogen and oxygen atoms in total. The monoisotopic (exact) mass is 328 g/mol. The predicted molar refractivity (Wildman–Crippen MR) is 91.0 cm³/mol. The normalized spacial score (nSPS) is 13.9. The van der Waals surface area contributed by atoms with Gasteiger partial charge < -0.3 is 14.6 Å². The van der Waals surface area contributed by atoms with Crippen molar-refractivity contribution < 1.29 is 9.53 Å². The van der Waals surface area contributed by atoms with Gasteiger partial charge in [0.05, 0.1) is 0 Å². The lowest BCUT2D eigenvalue weighted by molar-refractivity contribution is -0.123. The number of carbonyl (C=O) groups excluding carboxylic acids is 1. The molecule has 0 saturated carbocycles. The molecule has 6 heteroatoms. The van der Waals surface area contributed by atoms with E-state index in [9.17, 15) is 4.79 Å². The lowest BCUT2D eigenvalue weighted by Crippen LogP contribution is -2.31. The zero-order chi connectivity index (χ0) is 16.8. The van der Waals surface area contributed by atoms with Crippen molar-refractivity contribution in [3.8, 4) is 5.75 Å². The maximum absolute atomic E-state index is 11.9. The minimum Gasteiger partial charge on any atom is -0.484 e. The Kier molecular flexibility index (Phi) is 5.46. The highest BCUT2D eigenvalue weighted by atomic mass is 16.5. The molecule has 0 unspecified atom stereocenters. The first-order valence-corrected chi connectivity index (χ1v) is 8.59. The van der Waals surface area contributed by atoms with Crippen LogP contribution in [0.3, 0.4) is 0 Å². The lowest BCUT2D eigenvalue weighted by atomic mass is 10.2. The molecule has 0 bridgehead atoms. The molecule has 0 spiro atoms. The molecular weight excluding hydrogens is 304 g/mol. The molecule has 0 atom stereocenters. The number of hydrogen-bond donors (Lipinski definition) is 1. The summed E-state index contributed by atoms with van der Waals surface area (Å²) in [6, 6.07) is 7.66. The van der Waals surface area contributed by atoms with E-state index in [2.05, 4.69) is 20.1 Å². The van der Waals surface area contributed by atoms with Crippen molar-refractivity contribution in [2.45, 2.75) is 45.6 Å². The van der Waals surface area contributed by atoms with E-state index < -0.39 is 0 Å². The molecule has 24 heavy (non-hydrogen) atoms. The summed E-state index contributed by atoms with van der Waals surface area (Å²) >= 11 is 0. The third kappa shape index (κ3) is 4.34. The summed E-state index contributed by atoms with van der Waals surface area (Å²) in [6.07, 6.45) is 5.31. The molecular formula is C18H24N4O2. The highest BCUT2D eigenvalue weighted by molar-refractivity contribution is 5.77. The number of fused-ring (bicyclic) bond motifs is 1. The van der Waals surface area contributed by atoms with Gasteiger partial charge in [0, 0.05) is 25.9 Å². The van der Waals surface area contributed by atoms with Crippen LogP contribution < -0.4 is 10.1 Å². The quantitative estimate of drug-likeness (QED) is 0.881. The predicted octanol–water partition coefficient (Wildman–Crippen LogP) is 2.05. The van der Waals surface area contributed by atoms with Crippen LogP contribution in [0.2, 0.25) is 0 Å². The van der Waals surface area contributed by atoms with Gasteiger partial charge in [-0.1, -0.05) is 24.1 Å². The van der Waals surface area contributed by atoms with Crippen molar-refractivity contribution in [3.05, 3.63) is 41.5 Å². The number of aromatic nitrogens is 3. The van der Waals surface area contributed by atoms with Gasteiger partial charge in [-0.2, -0.15) is 0 Å². The number of benzene rings is 1. The Balaban J connectivity index is 1.42. The molecule has 0 aliphatic carbocycles. The molecule has 128 valence electrons. The Bertz CT molecular complexity index is 679. The van der Waals surface area contributed by atoms with Crippen LogP contribution in [0.5, 0.6) is 5.75 Å². The van der Waals surface area contributed by atoms with Gasteiger partial charge in [0.2, 0.25) is 0 Å². The van der Waals surface area contributed by atoms with E-state index in [0.29, 0.717) is 18.7 Å². The molecule has 1 amide bonds. The minimum absolute atomic E-state index is 0.0288. The van der Waals surface area contributed by atoms with E-state index in [4.69, 9.17) is 4.74 Å². The third-order valence-corrected chi connectivity index (χ3v) is 4.25. The van der Waals surface area contributed by atoms with Crippen LogP contribution in [0.1, 0.15) is 36.5 Å². The maximum Gasteiger partial charge on any atom is 0.257 e. The number of rotatable bonds is 6. The van der Waals surface area contributed by atoms with Gasteiger partial charge in [0.15, 0.2) is 6.61 Å². The van der Waals surface area contributed by atoms with E-state index in [0.717, 1.165) is 24.6 Å². The first-order valence-electron chi connectivity index (χ1n) is 8.59. The van der Waals surface area contributed by atoms with Crippen LogP contribution in [-0.4, -0.2) is 33.8 Å². The number of aryl methyl sites for hydroxylation is 2. The van der Waals surface area contributed by atoms with Crippen LogP contribution in [0.25, 0.3) is 0 Å². The first-order chi connectivity index (χ1) is 11.7. The van der Waals surface area contributed by atoms with Crippen molar-refractivity contribution in [3.63, 3.8) is 0 Å². The molecule has 1 N–H and O–H groups in total. The van der Waals surface area contributed by atoms with Gasteiger partial charge in [0.25, 0.3) is 5.91 Å². The molecule has 1 aromatic heterocycles. The van der Waals surface area contributed by atoms with Crippen molar-refractivity contribution in [1.82, 2.24) is 20.1 Å². The number of carbonyl (C=O) groups is 1. The van der Waals surface area contributed by atoms with Crippen LogP contribution in [0.4, 0.5) is 0 Å². The van der Waals surface area contributed by atoms with Crippen LogP contribution in [0.15, 0.2) is 24.3 Å². The second-order valence-corrected chi connectivity index (χ2v) is 6.20. The van der Waals surface area contributed by atoms with Gasteiger partial charge in [-0.15, -0.1) is 10.2 Å². The molecule has 1 aliphatic heterocycles.